The predicted molar refractivity (Wildman–Crippen MR) is 154 cm³/mol. The third kappa shape index (κ3) is 7.00. The number of carbonyl (C=O) groups excluding carboxylic acids is 2. The number of nitrogens with zero attached hydrogens (tertiary/aromatic N) is 3. The molecule has 5 rings (SSSR count). The van der Waals surface area contributed by atoms with Crippen LogP contribution in [0.2, 0.25) is 0 Å². The van der Waals surface area contributed by atoms with E-state index < -0.39 is 0 Å². The van der Waals surface area contributed by atoms with Crippen molar-refractivity contribution < 1.29 is 27.8 Å². The molecule has 7 nitrogen and oxygen atoms in total. The molecule has 0 spiro atoms. The highest BCUT2D eigenvalue weighted by Gasteiger charge is 2.33. The number of ether oxygens (including phenoxy) is 2. The predicted octanol–water partition coefficient (Wildman–Crippen LogP) is 4.58. The van der Waals surface area contributed by atoms with E-state index >= 15 is 0 Å². The molecule has 0 bridgehead atoms. The van der Waals surface area contributed by atoms with Gasteiger partial charge in [0.05, 0.1) is 13.2 Å². The van der Waals surface area contributed by atoms with Gasteiger partial charge >= 0.3 is 0 Å². The second kappa shape index (κ2) is 13.4. The van der Waals surface area contributed by atoms with Crippen molar-refractivity contribution in [3.05, 3.63) is 95.6 Å². The van der Waals surface area contributed by atoms with Crippen LogP contribution in [0.5, 0.6) is 11.5 Å². The molecule has 2 aliphatic rings. The van der Waals surface area contributed by atoms with Crippen molar-refractivity contribution in [3.63, 3.8) is 0 Å². The number of hydrogen-bond donors (Lipinski definition) is 0. The van der Waals surface area contributed by atoms with Crippen molar-refractivity contribution in [2.75, 3.05) is 52.2 Å². The quantitative estimate of drug-likeness (QED) is 0.345. The summed E-state index contributed by atoms with van der Waals surface area (Å²) in [6.45, 7) is 2.92. The van der Waals surface area contributed by atoms with Gasteiger partial charge in [0.15, 0.2) is 11.5 Å². The summed E-state index contributed by atoms with van der Waals surface area (Å²) in [5.74, 6) is 0.982. The number of methoxy groups -OCH3 is 1. The Morgan fingerprint density at radius 2 is 1.41 bits per heavy atom. The van der Waals surface area contributed by atoms with E-state index in [1.807, 2.05) is 24.3 Å². The van der Waals surface area contributed by atoms with Gasteiger partial charge in [-0.3, -0.25) is 14.5 Å². The van der Waals surface area contributed by atoms with Crippen LogP contribution in [-0.2, 0) is 9.59 Å². The molecule has 0 unspecified atom stereocenters. The van der Waals surface area contributed by atoms with Gasteiger partial charge in [0.1, 0.15) is 30.0 Å². The topological polar surface area (TPSA) is 62.3 Å². The van der Waals surface area contributed by atoms with Crippen LogP contribution < -0.4 is 9.47 Å². The Kier molecular flexibility index (Phi) is 9.41. The lowest BCUT2D eigenvalue weighted by Crippen LogP contribution is -2.51. The Balaban J connectivity index is 1.17. The molecule has 3 aromatic rings. The molecular weight excluding hydrogens is 548 g/mol. The fourth-order valence-corrected chi connectivity index (χ4v) is 6.46. The fourth-order valence-electron chi connectivity index (χ4n) is 5.32. The molecule has 0 aromatic heterocycles. The van der Waals surface area contributed by atoms with E-state index in [2.05, 4.69) is 4.90 Å². The zero-order valence-electron chi connectivity index (χ0n) is 22.9. The van der Waals surface area contributed by atoms with Gasteiger partial charge < -0.3 is 19.3 Å². The zero-order chi connectivity index (χ0) is 28.8. The summed E-state index contributed by atoms with van der Waals surface area (Å²) in [7, 11) is 1.58. The summed E-state index contributed by atoms with van der Waals surface area (Å²) in [5.41, 5.74) is 1.78. The lowest BCUT2D eigenvalue weighted by atomic mass is 9.96. The smallest absolute Gasteiger partial charge is 0.233 e. The zero-order valence-corrected chi connectivity index (χ0v) is 23.7. The minimum absolute atomic E-state index is 0.177. The molecule has 3 aromatic carbocycles. The van der Waals surface area contributed by atoms with Crippen molar-refractivity contribution in [3.8, 4) is 11.5 Å². The maximum atomic E-state index is 13.6. The number of rotatable bonds is 9. The Bertz CT molecular complexity index is 1290. The van der Waals surface area contributed by atoms with Gasteiger partial charge in [-0.05, 0) is 47.5 Å². The van der Waals surface area contributed by atoms with Crippen molar-refractivity contribution in [1.29, 1.82) is 0 Å². The summed E-state index contributed by atoms with van der Waals surface area (Å²) in [6, 6.07) is 19.8. The van der Waals surface area contributed by atoms with Crippen LogP contribution in [0.1, 0.15) is 23.6 Å². The maximum Gasteiger partial charge on any atom is 0.233 e. The second-order valence-corrected chi connectivity index (χ2v) is 11.3. The van der Waals surface area contributed by atoms with Gasteiger partial charge in [-0.2, -0.15) is 0 Å². The second-order valence-electron chi connectivity index (χ2n) is 9.97. The SMILES string of the molecule is COc1ccccc1OC[C@H]1SCCN1C(=O)CC(=O)N1CCN(C(c2ccc(F)cc2)c2ccc(F)cc2)CC1. The van der Waals surface area contributed by atoms with E-state index in [9.17, 15) is 18.4 Å². The highest BCUT2D eigenvalue weighted by atomic mass is 32.2. The van der Waals surface area contributed by atoms with Crippen LogP contribution in [-0.4, -0.2) is 84.1 Å². The van der Waals surface area contributed by atoms with Gasteiger partial charge in [0.25, 0.3) is 0 Å². The Hall–Kier alpha value is -3.63. The monoisotopic (exact) mass is 581 g/mol. The molecule has 1 atom stereocenters. The van der Waals surface area contributed by atoms with E-state index in [1.54, 1.807) is 52.9 Å². The largest absolute Gasteiger partial charge is 0.493 e. The van der Waals surface area contributed by atoms with Crippen LogP contribution in [0.3, 0.4) is 0 Å². The molecular formula is C31H33F2N3O4S. The Labute approximate surface area is 243 Å². The Morgan fingerprint density at radius 3 is 2.00 bits per heavy atom. The van der Waals surface area contributed by atoms with E-state index in [0.29, 0.717) is 50.8 Å². The first kappa shape index (κ1) is 28.9. The average Bonchev–Trinajstić information content (AvgIpc) is 3.47. The van der Waals surface area contributed by atoms with Gasteiger partial charge in [-0.15, -0.1) is 11.8 Å². The van der Waals surface area contributed by atoms with Crippen LogP contribution in [0.25, 0.3) is 0 Å². The first-order valence-corrected chi connectivity index (χ1v) is 14.7. The van der Waals surface area contributed by atoms with Crippen molar-refractivity contribution in [1.82, 2.24) is 14.7 Å². The van der Waals surface area contributed by atoms with Gasteiger partial charge in [-0.1, -0.05) is 36.4 Å². The summed E-state index contributed by atoms with van der Waals surface area (Å²) >= 11 is 1.64. The molecule has 2 saturated heterocycles. The molecule has 10 heteroatoms. The standard InChI is InChI=1S/C31H33F2N3O4S/c1-39-26-4-2-3-5-27(26)40-21-30-36(18-19-41-30)29(38)20-28(37)34-14-16-35(17-15-34)31(22-6-10-24(32)11-7-22)23-8-12-25(33)13-9-23/h2-13,30-31H,14-21H2,1H3/t30-/m1/s1. The molecule has 2 aliphatic heterocycles. The van der Waals surface area contributed by atoms with E-state index in [0.717, 1.165) is 16.9 Å². The maximum absolute atomic E-state index is 13.6. The van der Waals surface area contributed by atoms with Crippen molar-refractivity contribution in [2.45, 2.75) is 17.8 Å². The number of thioether (sulfide) groups is 1. The lowest BCUT2D eigenvalue weighted by Gasteiger charge is -2.40. The minimum atomic E-state index is -0.323. The minimum Gasteiger partial charge on any atom is -0.493 e. The number of piperazine rings is 1. The summed E-state index contributed by atoms with van der Waals surface area (Å²) in [4.78, 5) is 32.0. The first-order valence-electron chi connectivity index (χ1n) is 13.6. The van der Waals surface area contributed by atoms with Gasteiger partial charge in [0.2, 0.25) is 11.8 Å². The normalized spacial score (nSPS) is 17.6. The number of hydrogen-bond acceptors (Lipinski definition) is 6. The van der Waals surface area contributed by atoms with Crippen LogP contribution in [0.15, 0.2) is 72.8 Å². The molecule has 0 aliphatic carbocycles. The number of para-hydroxylation sites is 2. The number of carbonyl (C=O) groups is 2. The van der Waals surface area contributed by atoms with Gasteiger partial charge in [0, 0.05) is 38.5 Å². The summed E-state index contributed by atoms with van der Waals surface area (Å²) in [5, 5.41) is -0.177. The number of amides is 2. The number of benzene rings is 3. The third-order valence-corrected chi connectivity index (χ3v) is 8.66. The molecule has 216 valence electrons. The highest BCUT2D eigenvalue weighted by molar-refractivity contribution is 8.00. The average molecular weight is 582 g/mol. The van der Waals surface area contributed by atoms with E-state index in [1.165, 1.54) is 24.3 Å². The highest BCUT2D eigenvalue weighted by Crippen LogP contribution is 2.31. The fraction of sp³-hybridized carbons (Fsp3) is 0.355. The van der Waals surface area contributed by atoms with Crippen LogP contribution >= 0.6 is 11.8 Å². The Morgan fingerprint density at radius 1 is 0.829 bits per heavy atom. The molecule has 0 radical (unpaired) electrons. The molecule has 2 amide bonds. The summed E-state index contributed by atoms with van der Waals surface area (Å²) in [6.07, 6.45) is -0.189. The number of halogens is 2. The molecule has 0 N–H and O–H groups in total. The summed E-state index contributed by atoms with van der Waals surface area (Å²) < 4.78 is 38.5. The third-order valence-electron chi connectivity index (χ3n) is 7.47. The molecule has 41 heavy (non-hydrogen) atoms. The van der Waals surface area contributed by atoms with Crippen molar-refractivity contribution in [2.24, 2.45) is 0 Å². The van der Waals surface area contributed by atoms with Crippen LogP contribution in [0.4, 0.5) is 8.78 Å². The van der Waals surface area contributed by atoms with E-state index in [4.69, 9.17) is 9.47 Å². The first-order chi connectivity index (χ1) is 19.9. The van der Waals surface area contributed by atoms with Crippen LogP contribution in [0, 0.1) is 11.6 Å². The molecule has 0 saturated carbocycles. The van der Waals surface area contributed by atoms with Crippen molar-refractivity contribution >= 4 is 23.6 Å². The van der Waals surface area contributed by atoms with Gasteiger partial charge in [-0.25, -0.2) is 8.78 Å². The molecule has 2 fully saturated rings. The van der Waals surface area contributed by atoms with E-state index in [-0.39, 0.29) is 41.3 Å². The molecule has 2 heterocycles. The lowest BCUT2D eigenvalue weighted by molar-refractivity contribution is -0.142.